The molecule has 1 aliphatic heterocycles. The summed E-state index contributed by atoms with van der Waals surface area (Å²) in [5.41, 5.74) is 6.65. The Kier molecular flexibility index (Phi) is 3.40. The third-order valence-electron chi connectivity index (χ3n) is 2.95. The van der Waals surface area contributed by atoms with E-state index in [9.17, 15) is 9.90 Å². The minimum atomic E-state index is -0.760. The minimum absolute atomic E-state index is 0.00820. The van der Waals surface area contributed by atoms with Crippen molar-refractivity contribution in [3.63, 3.8) is 0 Å². The first kappa shape index (κ1) is 13.4. The maximum Gasteiger partial charge on any atom is 0.237 e. The molecule has 0 fully saturated rings. The molecule has 2 unspecified atom stereocenters. The molecule has 4 N–H and O–H groups in total. The molecule has 1 aromatic carbocycles. The molecule has 1 aromatic rings. The van der Waals surface area contributed by atoms with E-state index >= 15 is 0 Å². The molecule has 98 valence electrons. The van der Waals surface area contributed by atoms with Crippen LogP contribution >= 0.6 is 11.8 Å². The Morgan fingerprint density at radius 1 is 1.50 bits per heavy atom. The number of aliphatic hydroxyl groups is 1. The standard InChI is InChI=1S/C13H18N2O2S/c1-7-12(17)15-9-6-8(4-5-10(9)18-7)11(16)13(2,3)14/h4-7,11,16H,14H2,1-3H3,(H,15,17). The van der Waals surface area contributed by atoms with Gasteiger partial charge in [0.05, 0.1) is 17.0 Å². The van der Waals surface area contributed by atoms with Crippen molar-refractivity contribution in [2.75, 3.05) is 5.32 Å². The van der Waals surface area contributed by atoms with Crippen LogP contribution in [0.2, 0.25) is 0 Å². The lowest BCUT2D eigenvalue weighted by atomic mass is 9.92. The van der Waals surface area contributed by atoms with Gasteiger partial charge >= 0.3 is 0 Å². The van der Waals surface area contributed by atoms with Crippen LogP contribution in [0, 0.1) is 0 Å². The molecule has 0 saturated heterocycles. The van der Waals surface area contributed by atoms with E-state index in [0.717, 1.165) is 16.1 Å². The fourth-order valence-electron chi connectivity index (χ4n) is 1.83. The molecule has 1 amide bonds. The topological polar surface area (TPSA) is 75.3 Å². The first-order valence-electron chi connectivity index (χ1n) is 5.87. The number of nitrogens with one attached hydrogen (secondary N) is 1. The molecule has 0 radical (unpaired) electrons. The lowest BCUT2D eigenvalue weighted by Gasteiger charge is -2.28. The molecule has 1 heterocycles. The molecule has 2 rings (SSSR count). The van der Waals surface area contributed by atoms with Gasteiger partial charge in [-0.2, -0.15) is 0 Å². The Balaban J connectivity index is 2.34. The second-order valence-corrected chi connectivity index (χ2v) is 6.61. The van der Waals surface area contributed by atoms with Gasteiger partial charge in [0.1, 0.15) is 0 Å². The van der Waals surface area contributed by atoms with Crippen molar-refractivity contribution in [3.05, 3.63) is 23.8 Å². The van der Waals surface area contributed by atoms with Crippen LogP contribution in [0.5, 0.6) is 0 Å². The Bertz CT molecular complexity index is 482. The van der Waals surface area contributed by atoms with Gasteiger partial charge in [-0.05, 0) is 38.5 Å². The van der Waals surface area contributed by atoms with Crippen LogP contribution in [-0.4, -0.2) is 21.8 Å². The number of benzene rings is 1. The third-order valence-corrected chi connectivity index (χ3v) is 4.13. The van der Waals surface area contributed by atoms with E-state index < -0.39 is 11.6 Å². The molecule has 2 atom stereocenters. The van der Waals surface area contributed by atoms with Crippen LogP contribution in [-0.2, 0) is 4.79 Å². The van der Waals surface area contributed by atoms with E-state index in [0.29, 0.717) is 0 Å². The number of rotatable bonds is 2. The molecule has 5 heteroatoms. The van der Waals surface area contributed by atoms with Crippen molar-refractivity contribution in [2.45, 2.75) is 42.6 Å². The van der Waals surface area contributed by atoms with Crippen molar-refractivity contribution >= 4 is 23.4 Å². The lowest BCUT2D eigenvalue weighted by Crippen LogP contribution is -2.39. The predicted molar refractivity (Wildman–Crippen MR) is 73.6 cm³/mol. The summed E-state index contributed by atoms with van der Waals surface area (Å²) in [6.07, 6.45) is -0.760. The number of fused-ring (bicyclic) bond motifs is 1. The predicted octanol–water partition coefficient (Wildman–Crippen LogP) is 1.89. The highest BCUT2D eigenvalue weighted by molar-refractivity contribution is 8.00. The molecular formula is C13H18N2O2S. The molecule has 0 bridgehead atoms. The van der Waals surface area contributed by atoms with Crippen LogP contribution in [0.4, 0.5) is 5.69 Å². The summed E-state index contributed by atoms with van der Waals surface area (Å²) in [6.45, 7) is 5.41. The molecule has 0 aliphatic carbocycles. The number of hydrogen-bond acceptors (Lipinski definition) is 4. The number of amides is 1. The van der Waals surface area contributed by atoms with Gasteiger partial charge in [-0.1, -0.05) is 6.07 Å². The van der Waals surface area contributed by atoms with Crippen molar-refractivity contribution in [1.29, 1.82) is 0 Å². The summed E-state index contributed by atoms with van der Waals surface area (Å²) < 4.78 is 0. The Morgan fingerprint density at radius 2 is 2.17 bits per heavy atom. The van der Waals surface area contributed by atoms with Gasteiger partial charge in [-0.25, -0.2) is 0 Å². The third kappa shape index (κ3) is 2.53. The molecule has 18 heavy (non-hydrogen) atoms. The minimum Gasteiger partial charge on any atom is -0.387 e. The Morgan fingerprint density at radius 3 is 2.78 bits per heavy atom. The SMILES string of the molecule is CC1Sc2ccc(C(O)C(C)(C)N)cc2NC1=O. The Hall–Kier alpha value is -1.04. The molecular weight excluding hydrogens is 248 g/mol. The monoisotopic (exact) mass is 266 g/mol. The summed E-state index contributed by atoms with van der Waals surface area (Å²) in [6, 6.07) is 5.57. The highest BCUT2D eigenvalue weighted by Gasteiger charge is 2.27. The van der Waals surface area contributed by atoms with Crippen LogP contribution in [0.3, 0.4) is 0 Å². The highest BCUT2D eigenvalue weighted by Crippen LogP contribution is 2.37. The zero-order valence-corrected chi connectivity index (χ0v) is 11.5. The van der Waals surface area contributed by atoms with Crippen LogP contribution < -0.4 is 11.1 Å². The van der Waals surface area contributed by atoms with Crippen molar-refractivity contribution < 1.29 is 9.90 Å². The maximum atomic E-state index is 11.6. The number of hydrogen-bond donors (Lipinski definition) is 3. The normalized spacial score (nSPS) is 21.2. The fraction of sp³-hybridized carbons (Fsp3) is 0.462. The van der Waals surface area contributed by atoms with Crippen molar-refractivity contribution in [2.24, 2.45) is 5.73 Å². The lowest BCUT2D eigenvalue weighted by molar-refractivity contribution is -0.115. The quantitative estimate of drug-likeness (QED) is 0.764. The van der Waals surface area contributed by atoms with Crippen LogP contribution in [0.15, 0.2) is 23.1 Å². The zero-order chi connectivity index (χ0) is 13.5. The van der Waals surface area contributed by atoms with Gasteiger partial charge in [-0.15, -0.1) is 11.8 Å². The molecule has 0 saturated carbocycles. The first-order chi connectivity index (χ1) is 8.29. The smallest absolute Gasteiger partial charge is 0.237 e. The number of anilines is 1. The summed E-state index contributed by atoms with van der Waals surface area (Å²) >= 11 is 1.52. The van der Waals surface area contributed by atoms with Gasteiger partial charge in [-0.3, -0.25) is 4.79 Å². The molecule has 1 aliphatic rings. The number of carbonyl (C=O) groups is 1. The van der Waals surface area contributed by atoms with E-state index in [1.165, 1.54) is 11.8 Å². The van der Waals surface area contributed by atoms with Crippen LogP contribution in [0.1, 0.15) is 32.4 Å². The summed E-state index contributed by atoms with van der Waals surface area (Å²) in [5, 5.41) is 12.9. The number of carbonyl (C=O) groups excluding carboxylic acids is 1. The van der Waals surface area contributed by atoms with Gasteiger partial charge < -0.3 is 16.2 Å². The van der Waals surface area contributed by atoms with E-state index in [4.69, 9.17) is 5.73 Å². The maximum absolute atomic E-state index is 11.6. The first-order valence-corrected chi connectivity index (χ1v) is 6.75. The van der Waals surface area contributed by atoms with E-state index in [-0.39, 0.29) is 11.2 Å². The summed E-state index contributed by atoms with van der Waals surface area (Å²) in [4.78, 5) is 12.6. The summed E-state index contributed by atoms with van der Waals surface area (Å²) in [5.74, 6) is -0.00820. The fourth-order valence-corrected chi connectivity index (χ4v) is 2.76. The number of thioether (sulfide) groups is 1. The average molecular weight is 266 g/mol. The average Bonchev–Trinajstić information content (AvgIpc) is 2.28. The number of aliphatic hydroxyl groups excluding tert-OH is 1. The number of nitrogens with two attached hydrogens (primary N) is 1. The highest BCUT2D eigenvalue weighted by atomic mass is 32.2. The van der Waals surface area contributed by atoms with Gasteiger partial charge in [0.15, 0.2) is 0 Å². The van der Waals surface area contributed by atoms with Gasteiger partial charge in [0, 0.05) is 10.4 Å². The van der Waals surface area contributed by atoms with Gasteiger partial charge in [0.25, 0.3) is 0 Å². The van der Waals surface area contributed by atoms with Crippen molar-refractivity contribution in [3.8, 4) is 0 Å². The molecule has 0 spiro atoms. The second kappa shape index (κ2) is 4.57. The Labute approximate surface area is 111 Å². The largest absolute Gasteiger partial charge is 0.387 e. The zero-order valence-electron chi connectivity index (χ0n) is 10.7. The molecule has 4 nitrogen and oxygen atoms in total. The van der Waals surface area contributed by atoms with E-state index in [1.807, 2.05) is 19.1 Å². The van der Waals surface area contributed by atoms with E-state index in [1.54, 1.807) is 19.9 Å². The molecule has 0 aromatic heterocycles. The van der Waals surface area contributed by atoms with Crippen LogP contribution in [0.25, 0.3) is 0 Å². The summed E-state index contributed by atoms with van der Waals surface area (Å²) in [7, 11) is 0. The second-order valence-electron chi connectivity index (χ2n) is 5.23. The van der Waals surface area contributed by atoms with Crippen molar-refractivity contribution in [1.82, 2.24) is 0 Å². The van der Waals surface area contributed by atoms with E-state index in [2.05, 4.69) is 5.32 Å². The van der Waals surface area contributed by atoms with Gasteiger partial charge in [0.2, 0.25) is 5.91 Å².